The van der Waals surface area contributed by atoms with Crippen LogP contribution in [0.1, 0.15) is 6.92 Å². The average molecular weight is 348 g/mol. The van der Waals surface area contributed by atoms with Crippen molar-refractivity contribution in [1.29, 1.82) is 0 Å². The van der Waals surface area contributed by atoms with Crippen molar-refractivity contribution in [3.63, 3.8) is 0 Å². The molecule has 0 bridgehead atoms. The molecule has 2 aromatic carbocycles. The maximum Gasteiger partial charge on any atom is 0.243 e. The van der Waals surface area contributed by atoms with Gasteiger partial charge in [0.2, 0.25) is 11.8 Å². The fraction of sp³-hybridized carbons (Fsp3) is 0.176. The van der Waals surface area contributed by atoms with Gasteiger partial charge in [-0.25, -0.2) is 0 Å². The topological polar surface area (TPSA) is 79.5 Å². The van der Waals surface area contributed by atoms with Gasteiger partial charge in [0.25, 0.3) is 0 Å². The molecule has 24 heavy (non-hydrogen) atoms. The largest absolute Gasteiger partial charge is 0.495 e. The van der Waals surface area contributed by atoms with Crippen LogP contribution in [0.5, 0.6) is 5.75 Å². The Labute approximate surface area is 145 Å². The maximum atomic E-state index is 12.0. The summed E-state index contributed by atoms with van der Waals surface area (Å²) in [5, 5.41) is 8.96. The summed E-state index contributed by atoms with van der Waals surface area (Å²) < 4.78 is 5.25. The lowest BCUT2D eigenvalue weighted by Crippen LogP contribution is -2.22. The van der Waals surface area contributed by atoms with E-state index in [2.05, 4.69) is 16.0 Å². The highest BCUT2D eigenvalue weighted by atomic mass is 35.5. The third kappa shape index (κ3) is 5.17. The molecule has 0 radical (unpaired) electrons. The van der Waals surface area contributed by atoms with Crippen molar-refractivity contribution in [3.8, 4) is 5.75 Å². The van der Waals surface area contributed by atoms with Gasteiger partial charge in [-0.1, -0.05) is 17.7 Å². The van der Waals surface area contributed by atoms with Gasteiger partial charge in [-0.05, 0) is 36.4 Å². The van der Waals surface area contributed by atoms with E-state index in [9.17, 15) is 9.59 Å². The normalized spacial score (nSPS) is 9.96. The van der Waals surface area contributed by atoms with E-state index in [1.165, 1.54) is 14.0 Å². The zero-order valence-corrected chi connectivity index (χ0v) is 14.1. The van der Waals surface area contributed by atoms with E-state index in [1.807, 2.05) is 0 Å². The lowest BCUT2D eigenvalue weighted by Gasteiger charge is -2.13. The molecule has 0 spiro atoms. The van der Waals surface area contributed by atoms with Crippen LogP contribution in [-0.4, -0.2) is 25.5 Å². The number of benzene rings is 2. The van der Waals surface area contributed by atoms with Crippen LogP contribution in [0.3, 0.4) is 0 Å². The minimum Gasteiger partial charge on any atom is -0.495 e. The van der Waals surface area contributed by atoms with Crippen LogP contribution in [0.4, 0.5) is 17.1 Å². The standard InChI is InChI=1S/C17H18ClN3O3/c1-11(22)20-14-6-7-16(24-2)15(9-14)19-10-17(23)21-13-5-3-4-12(18)8-13/h3-9,19H,10H2,1-2H3,(H,20,22)(H,21,23). The fourth-order valence-corrected chi connectivity index (χ4v) is 2.26. The van der Waals surface area contributed by atoms with Crippen LogP contribution in [0.2, 0.25) is 5.02 Å². The number of rotatable bonds is 6. The predicted octanol–water partition coefficient (Wildman–Crippen LogP) is 3.36. The lowest BCUT2D eigenvalue weighted by atomic mass is 10.2. The summed E-state index contributed by atoms with van der Waals surface area (Å²) >= 11 is 5.88. The number of methoxy groups -OCH3 is 1. The molecule has 0 unspecified atom stereocenters. The van der Waals surface area contributed by atoms with Gasteiger partial charge in [0, 0.05) is 23.3 Å². The SMILES string of the molecule is COc1ccc(NC(C)=O)cc1NCC(=O)Nc1cccc(Cl)c1. The molecule has 126 valence electrons. The van der Waals surface area contributed by atoms with Crippen LogP contribution in [-0.2, 0) is 9.59 Å². The zero-order valence-electron chi connectivity index (χ0n) is 13.4. The van der Waals surface area contributed by atoms with Gasteiger partial charge < -0.3 is 20.7 Å². The molecule has 3 N–H and O–H groups in total. The fourth-order valence-electron chi connectivity index (χ4n) is 2.07. The molecule has 0 atom stereocenters. The first-order valence-electron chi connectivity index (χ1n) is 7.23. The van der Waals surface area contributed by atoms with E-state index in [4.69, 9.17) is 16.3 Å². The first kappa shape index (κ1) is 17.6. The van der Waals surface area contributed by atoms with Crippen molar-refractivity contribution >= 4 is 40.5 Å². The number of nitrogens with one attached hydrogen (secondary N) is 3. The Morgan fingerprint density at radius 1 is 1.08 bits per heavy atom. The summed E-state index contributed by atoms with van der Waals surface area (Å²) in [7, 11) is 1.53. The molecule has 7 heteroatoms. The van der Waals surface area contributed by atoms with Gasteiger partial charge in [0.1, 0.15) is 5.75 Å². The number of ether oxygens (including phenoxy) is 1. The van der Waals surface area contributed by atoms with Gasteiger partial charge in [-0.2, -0.15) is 0 Å². The lowest BCUT2D eigenvalue weighted by molar-refractivity contribution is -0.115. The highest BCUT2D eigenvalue weighted by molar-refractivity contribution is 6.30. The molecule has 2 amide bonds. The molecule has 0 aliphatic carbocycles. The first-order valence-corrected chi connectivity index (χ1v) is 7.60. The molecule has 0 aliphatic heterocycles. The van der Waals surface area contributed by atoms with Crippen molar-refractivity contribution in [2.24, 2.45) is 0 Å². The second kappa shape index (κ2) is 8.21. The second-order valence-electron chi connectivity index (χ2n) is 5.01. The average Bonchev–Trinajstić information content (AvgIpc) is 2.52. The van der Waals surface area contributed by atoms with E-state index in [0.29, 0.717) is 27.8 Å². The van der Waals surface area contributed by atoms with Crippen molar-refractivity contribution < 1.29 is 14.3 Å². The van der Waals surface area contributed by atoms with E-state index >= 15 is 0 Å². The minimum absolute atomic E-state index is 0.0341. The summed E-state index contributed by atoms with van der Waals surface area (Å²) in [6.45, 7) is 1.46. The van der Waals surface area contributed by atoms with Crippen molar-refractivity contribution in [2.75, 3.05) is 29.6 Å². The smallest absolute Gasteiger partial charge is 0.243 e. The Balaban J connectivity index is 2.01. The molecule has 0 heterocycles. The van der Waals surface area contributed by atoms with Gasteiger partial charge in [-0.3, -0.25) is 9.59 Å². The van der Waals surface area contributed by atoms with Gasteiger partial charge >= 0.3 is 0 Å². The summed E-state index contributed by atoms with van der Waals surface area (Å²) in [5.41, 5.74) is 1.83. The van der Waals surface area contributed by atoms with Crippen LogP contribution < -0.4 is 20.7 Å². The molecule has 6 nitrogen and oxygen atoms in total. The van der Waals surface area contributed by atoms with E-state index in [1.54, 1.807) is 42.5 Å². The number of amides is 2. The molecule has 0 saturated heterocycles. The molecule has 2 rings (SSSR count). The molecule has 0 saturated carbocycles. The maximum absolute atomic E-state index is 12.0. The Morgan fingerprint density at radius 3 is 2.50 bits per heavy atom. The predicted molar refractivity (Wildman–Crippen MR) is 95.9 cm³/mol. The summed E-state index contributed by atoms with van der Waals surface area (Å²) in [6.07, 6.45) is 0. The van der Waals surface area contributed by atoms with Crippen molar-refractivity contribution in [3.05, 3.63) is 47.5 Å². The molecular formula is C17H18ClN3O3. The van der Waals surface area contributed by atoms with Gasteiger partial charge in [0.15, 0.2) is 0 Å². The molecule has 2 aromatic rings. The van der Waals surface area contributed by atoms with Crippen LogP contribution in [0.15, 0.2) is 42.5 Å². The number of hydrogen-bond donors (Lipinski definition) is 3. The Hall–Kier alpha value is -2.73. The minimum atomic E-state index is -0.232. The van der Waals surface area contributed by atoms with Crippen molar-refractivity contribution in [2.45, 2.75) is 6.92 Å². The quantitative estimate of drug-likeness (QED) is 0.748. The van der Waals surface area contributed by atoms with E-state index in [0.717, 1.165) is 0 Å². The van der Waals surface area contributed by atoms with Gasteiger partial charge in [0.05, 0.1) is 19.3 Å². The highest BCUT2D eigenvalue weighted by Crippen LogP contribution is 2.27. The number of carbonyl (C=O) groups excluding carboxylic acids is 2. The number of hydrogen-bond acceptors (Lipinski definition) is 4. The number of halogens is 1. The van der Waals surface area contributed by atoms with Crippen molar-refractivity contribution in [1.82, 2.24) is 0 Å². The van der Waals surface area contributed by atoms with E-state index < -0.39 is 0 Å². The zero-order chi connectivity index (χ0) is 17.5. The summed E-state index contributed by atoms with van der Waals surface area (Å²) in [5.74, 6) is 0.161. The number of carbonyl (C=O) groups is 2. The Morgan fingerprint density at radius 2 is 1.83 bits per heavy atom. The molecule has 0 fully saturated rings. The number of anilines is 3. The molecule has 0 aromatic heterocycles. The monoisotopic (exact) mass is 347 g/mol. The summed E-state index contributed by atoms with van der Waals surface area (Å²) in [6, 6.07) is 12.0. The molecular weight excluding hydrogens is 330 g/mol. The van der Waals surface area contributed by atoms with Crippen LogP contribution in [0, 0.1) is 0 Å². The highest BCUT2D eigenvalue weighted by Gasteiger charge is 2.08. The van der Waals surface area contributed by atoms with Crippen LogP contribution >= 0.6 is 11.6 Å². The van der Waals surface area contributed by atoms with Crippen LogP contribution in [0.25, 0.3) is 0 Å². The first-order chi connectivity index (χ1) is 11.5. The van der Waals surface area contributed by atoms with Gasteiger partial charge in [-0.15, -0.1) is 0 Å². The summed E-state index contributed by atoms with van der Waals surface area (Å²) in [4.78, 5) is 23.2. The third-order valence-electron chi connectivity index (χ3n) is 3.07. The Kier molecular flexibility index (Phi) is 6.03. The second-order valence-corrected chi connectivity index (χ2v) is 5.44. The molecule has 0 aliphatic rings. The van der Waals surface area contributed by atoms with E-state index in [-0.39, 0.29) is 18.4 Å². The Bertz CT molecular complexity index is 750. The third-order valence-corrected chi connectivity index (χ3v) is 3.30.